The van der Waals surface area contributed by atoms with Crippen LogP contribution in [0.2, 0.25) is 0 Å². The highest BCUT2D eigenvalue weighted by Crippen LogP contribution is 2.23. The molecule has 0 saturated heterocycles. The van der Waals surface area contributed by atoms with Gasteiger partial charge in [0.1, 0.15) is 11.5 Å². The summed E-state index contributed by atoms with van der Waals surface area (Å²) in [6, 6.07) is 6.56. The number of aromatic nitrogens is 2. The van der Waals surface area contributed by atoms with Crippen molar-refractivity contribution in [2.75, 3.05) is 0 Å². The van der Waals surface area contributed by atoms with Gasteiger partial charge >= 0.3 is 0 Å². The fourth-order valence-corrected chi connectivity index (χ4v) is 1.91. The van der Waals surface area contributed by atoms with Crippen LogP contribution in [0.15, 0.2) is 30.5 Å². The molecule has 0 atom stereocenters. The lowest BCUT2D eigenvalue weighted by Crippen LogP contribution is -2.29. The smallest absolute Gasteiger partial charge is 0.148 e. The van der Waals surface area contributed by atoms with E-state index in [0.717, 1.165) is 11.3 Å². The third kappa shape index (κ3) is 2.08. The average Bonchev–Trinajstić information content (AvgIpc) is 2.60. The topological polar surface area (TPSA) is 43.8 Å². The molecule has 2 N–H and O–H groups in total. The Morgan fingerprint density at radius 2 is 1.94 bits per heavy atom. The zero-order valence-electron chi connectivity index (χ0n) is 10.2. The summed E-state index contributed by atoms with van der Waals surface area (Å²) in [5.41, 5.74) is 7.79. The van der Waals surface area contributed by atoms with Crippen molar-refractivity contribution in [3.05, 3.63) is 47.5 Å². The number of rotatable bonds is 2. The Morgan fingerprint density at radius 1 is 1.29 bits per heavy atom. The normalized spacial score (nSPS) is 11.8. The van der Waals surface area contributed by atoms with Crippen LogP contribution in [0, 0.1) is 12.7 Å². The zero-order valence-corrected chi connectivity index (χ0v) is 10.2. The van der Waals surface area contributed by atoms with Crippen LogP contribution >= 0.6 is 0 Å². The number of hydrogen-bond acceptors (Lipinski definition) is 2. The Bertz CT molecular complexity index is 538. The molecule has 0 saturated carbocycles. The first kappa shape index (κ1) is 11.8. The predicted octanol–water partition coefficient (Wildman–Crippen LogP) is 2.51. The lowest BCUT2D eigenvalue weighted by molar-refractivity contribution is 0.549. The van der Waals surface area contributed by atoms with Gasteiger partial charge < -0.3 is 5.73 Å². The predicted molar refractivity (Wildman–Crippen MR) is 65.5 cm³/mol. The van der Waals surface area contributed by atoms with Gasteiger partial charge in [0.2, 0.25) is 0 Å². The molecule has 3 nitrogen and oxygen atoms in total. The van der Waals surface area contributed by atoms with E-state index in [4.69, 9.17) is 5.73 Å². The second-order valence-electron chi connectivity index (χ2n) is 4.73. The van der Waals surface area contributed by atoms with Gasteiger partial charge in [-0.15, -0.1) is 0 Å². The van der Waals surface area contributed by atoms with Gasteiger partial charge in [-0.25, -0.2) is 9.07 Å². The minimum Gasteiger partial charge on any atom is -0.322 e. The fourth-order valence-electron chi connectivity index (χ4n) is 1.91. The summed E-state index contributed by atoms with van der Waals surface area (Å²) in [6.07, 6.45) is 1.70. The van der Waals surface area contributed by atoms with Crippen LogP contribution in [0.25, 0.3) is 5.69 Å². The highest BCUT2D eigenvalue weighted by molar-refractivity contribution is 5.37. The summed E-state index contributed by atoms with van der Waals surface area (Å²) in [6.45, 7) is 5.70. The maximum atomic E-state index is 13.7. The molecule has 0 aliphatic rings. The van der Waals surface area contributed by atoms with Crippen LogP contribution in [0.1, 0.15) is 25.1 Å². The minimum absolute atomic E-state index is 0.292. The van der Waals surface area contributed by atoms with Crippen molar-refractivity contribution in [1.29, 1.82) is 0 Å². The molecular formula is C13H16FN3. The van der Waals surface area contributed by atoms with Crippen molar-refractivity contribution < 1.29 is 4.39 Å². The molecular weight excluding hydrogens is 217 g/mol. The highest BCUT2D eigenvalue weighted by Gasteiger charge is 2.21. The Hall–Kier alpha value is -1.68. The first-order valence-corrected chi connectivity index (χ1v) is 5.50. The molecule has 0 spiro atoms. The van der Waals surface area contributed by atoms with Gasteiger partial charge in [0, 0.05) is 16.8 Å². The molecule has 0 aliphatic heterocycles. The molecule has 0 aliphatic carbocycles. The van der Waals surface area contributed by atoms with Gasteiger partial charge in [-0.2, -0.15) is 5.10 Å². The number of nitrogens with two attached hydrogens (primary N) is 1. The third-order valence-corrected chi connectivity index (χ3v) is 2.78. The van der Waals surface area contributed by atoms with E-state index in [1.807, 2.05) is 20.8 Å². The van der Waals surface area contributed by atoms with E-state index in [0.29, 0.717) is 5.69 Å². The van der Waals surface area contributed by atoms with Gasteiger partial charge in [0.25, 0.3) is 0 Å². The van der Waals surface area contributed by atoms with E-state index >= 15 is 0 Å². The Kier molecular flexibility index (Phi) is 2.75. The van der Waals surface area contributed by atoms with E-state index in [1.165, 1.54) is 6.07 Å². The average molecular weight is 233 g/mol. The third-order valence-electron chi connectivity index (χ3n) is 2.78. The van der Waals surface area contributed by atoms with Crippen LogP contribution < -0.4 is 5.73 Å². The Morgan fingerprint density at radius 3 is 2.47 bits per heavy atom. The fraction of sp³-hybridized carbons (Fsp3) is 0.308. The monoisotopic (exact) mass is 233 g/mol. The molecule has 1 aromatic carbocycles. The maximum Gasteiger partial charge on any atom is 0.148 e. The molecule has 2 rings (SSSR count). The van der Waals surface area contributed by atoms with E-state index in [-0.39, 0.29) is 5.82 Å². The van der Waals surface area contributed by atoms with Crippen LogP contribution in [0.5, 0.6) is 0 Å². The number of halogens is 1. The lowest BCUT2D eigenvalue weighted by Gasteiger charge is -2.18. The van der Waals surface area contributed by atoms with Crippen molar-refractivity contribution in [3.8, 4) is 5.69 Å². The summed E-state index contributed by atoms with van der Waals surface area (Å²) in [5, 5.41) is 4.21. The highest BCUT2D eigenvalue weighted by atomic mass is 19.1. The number of benzene rings is 1. The number of nitrogens with zero attached hydrogens (tertiary/aromatic N) is 2. The van der Waals surface area contributed by atoms with Gasteiger partial charge in [-0.3, -0.25) is 0 Å². The van der Waals surface area contributed by atoms with Crippen LogP contribution in [-0.2, 0) is 5.54 Å². The summed E-state index contributed by atoms with van der Waals surface area (Å²) in [4.78, 5) is 0. The second kappa shape index (κ2) is 3.96. The molecule has 17 heavy (non-hydrogen) atoms. The minimum atomic E-state index is -0.479. The van der Waals surface area contributed by atoms with Crippen molar-refractivity contribution in [3.63, 3.8) is 0 Å². The largest absolute Gasteiger partial charge is 0.322 e. The van der Waals surface area contributed by atoms with Crippen molar-refractivity contribution in [2.45, 2.75) is 26.3 Å². The van der Waals surface area contributed by atoms with E-state index in [2.05, 4.69) is 5.10 Å². The molecule has 0 fully saturated rings. The van der Waals surface area contributed by atoms with Crippen molar-refractivity contribution in [2.24, 2.45) is 5.73 Å². The molecule has 0 unspecified atom stereocenters. The van der Waals surface area contributed by atoms with E-state index in [9.17, 15) is 4.39 Å². The maximum absolute atomic E-state index is 13.7. The zero-order chi connectivity index (χ0) is 12.6. The number of para-hydroxylation sites is 1. The van der Waals surface area contributed by atoms with Gasteiger partial charge in [-0.1, -0.05) is 12.1 Å². The van der Waals surface area contributed by atoms with Gasteiger partial charge in [-0.05, 0) is 32.9 Å². The lowest BCUT2D eigenvalue weighted by atomic mass is 9.97. The quantitative estimate of drug-likeness (QED) is 0.866. The van der Waals surface area contributed by atoms with E-state index in [1.54, 1.807) is 29.1 Å². The van der Waals surface area contributed by atoms with Crippen molar-refractivity contribution in [1.82, 2.24) is 9.78 Å². The van der Waals surface area contributed by atoms with E-state index < -0.39 is 5.54 Å². The SMILES string of the molecule is Cc1c(C(C)(C)N)cnn1-c1ccccc1F. The molecule has 0 amide bonds. The number of hydrogen-bond donors (Lipinski definition) is 1. The van der Waals surface area contributed by atoms with Crippen molar-refractivity contribution >= 4 is 0 Å². The summed E-state index contributed by atoms with van der Waals surface area (Å²) in [7, 11) is 0. The summed E-state index contributed by atoms with van der Waals surface area (Å²) >= 11 is 0. The first-order valence-electron chi connectivity index (χ1n) is 5.50. The standard InChI is InChI=1S/C13H16FN3/c1-9-10(13(2,3)15)8-16-17(9)12-7-5-4-6-11(12)14/h4-8H,15H2,1-3H3. The van der Waals surface area contributed by atoms with Crippen LogP contribution in [0.3, 0.4) is 0 Å². The second-order valence-corrected chi connectivity index (χ2v) is 4.73. The van der Waals surface area contributed by atoms with Crippen LogP contribution in [0.4, 0.5) is 4.39 Å². The molecule has 2 aromatic rings. The molecule has 1 aromatic heterocycles. The molecule has 90 valence electrons. The Balaban J connectivity index is 2.56. The molecule has 0 bridgehead atoms. The first-order chi connectivity index (χ1) is 7.91. The van der Waals surface area contributed by atoms with Crippen LogP contribution in [-0.4, -0.2) is 9.78 Å². The van der Waals surface area contributed by atoms with Gasteiger partial charge in [0.05, 0.1) is 6.20 Å². The van der Waals surface area contributed by atoms with Gasteiger partial charge in [0.15, 0.2) is 0 Å². The molecule has 0 radical (unpaired) electrons. The summed E-state index contributed by atoms with van der Waals surface area (Å²) < 4.78 is 15.3. The summed E-state index contributed by atoms with van der Waals surface area (Å²) in [5.74, 6) is -0.292. The Labute approximate surface area is 100 Å². The molecule has 4 heteroatoms. The molecule has 1 heterocycles.